The molecule has 0 aliphatic rings. The van der Waals surface area contributed by atoms with Crippen molar-refractivity contribution in [3.05, 3.63) is 47.5 Å². The van der Waals surface area contributed by atoms with Crippen LogP contribution in [0.2, 0.25) is 0 Å². The first kappa shape index (κ1) is 14.2. The van der Waals surface area contributed by atoms with Crippen molar-refractivity contribution in [3.63, 3.8) is 0 Å². The fourth-order valence-electron chi connectivity index (χ4n) is 2.05. The number of nitrogen functional groups attached to an aromatic ring is 1. The van der Waals surface area contributed by atoms with Gasteiger partial charge in [-0.05, 0) is 42.3 Å². The Morgan fingerprint density at radius 3 is 2.25 bits per heavy atom. The normalized spacial score (nSPS) is 11.4. The molecule has 2 nitrogen and oxygen atoms in total. The van der Waals surface area contributed by atoms with E-state index >= 15 is 0 Å². The second kappa shape index (κ2) is 5.07. The van der Waals surface area contributed by atoms with Gasteiger partial charge >= 0.3 is 6.18 Å². The van der Waals surface area contributed by atoms with E-state index in [-0.39, 0.29) is 5.69 Å². The average molecular weight is 281 g/mol. The third-order valence-electron chi connectivity index (χ3n) is 3.08. The van der Waals surface area contributed by atoms with Crippen molar-refractivity contribution in [3.8, 4) is 16.9 Å². The fourth-order valence-corrected chi connectivity index (χ4v) is 2.05. The van der Waals surface area contributed by atoms with Crippen molar-refractivity contribution in [2.45, 2.75) is 13.1 Å². The zero-order valence-corrected chi connectivity index (χ0v) is 11.1. The van der Waals surface area contributed by atoms with E-state index in [0.717, 1.165) is 29.0 Å². The topological polar surface area (TPSA) is 35.2 Å². The molecule has 0 saturated carbocycles. The molecule has 106 valence electrons. The van der Waals surface area contributed by atoms with Gasteiger partial charge in [0.25, 0.3) is 0 Å². The van der Waals surface area contributed by atoms with E-state index in [0.29, 0.717) is 5.56 Å². The Kier molecular flexibility index (Phi) is 3.61. The minimum absolute atomic E-state index is 0.101. The van der Waals surface area contributed by atoms with Crippen molar-refractivity contribution in [1.82, 2.24) is 0 Å². The molecule has 20 heavy (non-hydrogen) atoms. The van der Waals surface area contributed by atoms with Gasteiger partial charge in [0, 0.05) is 11.3 Å². The maximum Gasteiger partial charge on any atom is 0.416 e. The van der Waals surface area contributed by atoms with E-state index in [1.54, 1.807) is 19.2 Å². The molecule has 0 heterocycles. The van der Waals surface area contributed by atoms with Crippen molar-refractivity contribution in [2.75, 3.05) is 12.8 Å². The lowest BCUT2D eigenvalue weighted by Gasteiger charge is -2.12. The van der Waals surface area contributed by atoms with Crippen LogP contribution in [0.3, 0.4) is 0 Å². The van der Waals surface area contributed by atoms with E-state index in [1.807, 2.05) is 13.0 Å². The summed E-state index contributed by atoms with van der Waals surface area (Å²) in [7, 11) is 1.56. The summed E-state index contributed by atoms with van der Waals surface area (Å²) >= 11 is 0. The highest BCUT2D eigenvalue weighted by atomic mass is 19.4. The molecule has 2 N–H and O–H groups in total. The van der Waals surface area contributed by atoms with E-state index in [4.69, 9.17) is 10.5 Å². The maximum atomic E-state index is 12.6. The van der Waals surface area contributed by atoms with Crippen LogP contribution in [0.1, 0.15) is 11.1 Å². The molecular formula is C15H14F3NO. The highest BCUT2D eigenvalue weighted by Gasteiger charge is 2.30. The van der Waals surface area contributed by atoms with Crippen LogP contribution in [-0.4, -0.2) is 7.11 Å². The number of ether oxygens (including phenoxy) is 1. The summed E-state index contributed by atoms with van der Waals surface area (Å²) in [5.74, 6) is 0.722. The standard InChI is InChI=1S/C15H14F3NO/c1-9-7-10(3-6-14(9)20-2)12-5-4-11(8-13(12)19)15(16,17)18/h3-8H,19H2,1-2H3. The van der Waals surface area contributed by atoms with Crippen LogP contribution in [0.15, 0.2) is 36.4 Å². The van der Waals surface area contributed by atoms with Crippen LogP contribution in [-0.2, 0) is 6.18 Å². The molecule has 0 unspecified atom stereocenters. The average Bonchev–Trinajstić information content (AvgIpc) is 2.37. The summed E-state index contributed by atoms with van der Waals surface area (Å²) in [5, 5.41) is 0. The molecule has 0 aliphatic carbocycles. The van der Waals surface area contributed by atoms with Crippen LogP contribution >= 0.6 is 0 Å². The van der Waals surface area contributed by atoms with Crippen LogP contribution in [0.25, 0.3) is 11.1 Å². The summed E-state index contributed by atoms with van der Waals surface area (Å²) in [6.45, 7) is 1.86. The second-order valence-corrected chi connectivity index (χ2v) is 4.48. The predicted octanol–water partition coefficient (Wildman–Crippen LogP) is 4.27. The molecule has 2 rings (SSSR count). The van der Waals surface area contributed by atoms with Crippen molar-refractivity contribution in [1.29, 1.82) is 0 Å². The van der Waals surface area contributed by atoms with E-state index in [9.17, 15) is 13.2 Å². The van der Waals surface area contributed by atoms with Crippen LogP contribution < -0.4 is 10.5 Å². The number of nitrogens with two attached hydrogens (primary N) is 1. The fraction of sp³-hybridized carbons (Fsp3) is 0.200. The van der Waals surface area contributed by atoms with Gasteiger partial charge in [0.2, 0.25) is 0 Å². The van der Waals surface area contributed by atoms with Gasteiger partial charge in [-0.25, -0.2) is 0 Å². The number of anilines is 1. The molecule has 0 radical (unpaired) electrons. The molecule has 0 bridgehead atoms. The predicted molar refractivity (Wildman–Crippen MR) is 72.6 cm³/mol. The quantitative estimate of drug-likeness (QED) is 0.834. The minimum atomic E-state index is -4.39. The van der Waals surface area contributed by atoms with Gasteiger partial charge in [-0.1, -0.05) is 12.1 Å². The second-order valence-electron chi connectivity index (χ2n) is 4.48. The molecule has 0 fully saturated rings. The molecule has 5 heteroatoms. The van der Waals surface area contributed by atoms with Gasteiger partial charge in [-0.2, -0.15) is 13.2 Å². The first-order chi connectivity index (χ1) is 9.32. The molecule has 2 aromatic carbocycles. The molecule has 0 saturated heterocycles. The zero-order valence-electron chi connectivity index (χ0n) is 11.1. The molecule has 0 amide bonds. The van der Waals surface area contributed by atoms with E-state index < -0.39 is 11.7 Å². The van der Waals surface area contributed by atoms with E-state index in [2.05, 4.69) is 0 Å². The summed E-state index contributed by atoms with van der Waals surface area (Å²) < 4.78 is 42.9. The first-order valence-corrected chi connectivity index (χ1v) is 5.94. The number of benzene rings is 2. The Balaban J connectivity index is 2.46. The van der Waals surface area contributed by atoms with Gasteiger partial charge in [0.15, 0.2) is 0 Å². The lowest BCUT2D eigenvalue weighted by atomic mass is 9.99. The highest BCUT2D eigenvalue weighted by molar-refractivity contribution is 5.77. The molecule has 0 atom stereocenters. The monoisotopic (exact) mass is 281 g/mol. The van der Waals surface area contributed by atoms with Crippen molar-refractivity contribution in [2.24, 2.45) is 0 Å². The Morgan fingerprint density at radius 2 is 1.75 bits per heavy atom. The number of rotatable bonds is 2. The summed E-state index contributed by atoms with van der Waals surface area (Å²) in [6, 6.07) is 8.74. The van der Waals surface area contributed by atoms with Gasteiger partial charge < -0.3 is 10.5 Å². The van der Waals surface area contributed by atoms with Gasteiger partial charge in [-0.3, -0.25) is 0 Å². The molecule has 0 aromatic heterocycles. The Morgan fingerprint density at radius 1 is 1.05 bits per heavy atom. The smallest absolute Gasteiger partial charge is 0.416 e. The van der Waals surface area contributed by atoms with Crippen LogP contribution in [0.4, 0.5) is 18.9 Å². The summed E-state index contributed by atoms with van der Waals surface area (Å²) in [6.07, 6.45) is -4.39. The first-order valence-electron chi connectivity index (χ1n) is 5.94. The Hall–Kier alpha value is -2.17. The highest BCUT2D eigenvalue weighted by Crippen LogP contribution is 2.35. The number of alkyl halides is 3. The number of methoxy groups -OCH3 is 1. The Labute approximate surface area is 115 Å². The largest absolute Gasteiger partial charge is 0.496 e. The third-order valence-corrected chi connectivity index (χ3v) is 3.08. The Bertz CT molecular complexity index is 636. The number of hydrogen-bond acceptors (Lipinski definition) is 2. The number of halogens is 3. The lowest BCUT2D eigenvalue weighted by Crippen LogP contribution is -2.06. The number of aryl methyl sites for hydroxylation is 1. The van der Waals surface area contributed by atoms with Crippen LogP contribution in [0.5, 0.6) is 5.75 Å². The third kappa shape index (κ3) is 2.71. The molecule has 0 spiro atoms. The number of hydrogen-bond donors (Lipinski definition) is 1. The van der Waals surface area contributed by atoms with Gasteiger partial charge in [-0.15, -0.1) is 0 Å². The van der Waals surface area contributed by atoms with Crippen molar-refractivity contribution < 1.29 is 17.9 Å². The van der Waals surface area contributed by atoms with Crippen molar-refractivity contribution >= 4 is 5.69 Å². The van der Waals surface area contributed by atoms with E-state index in [1.165, 1.54) is 6.07 Å². The maximum absolute atomic E-state index is 12.6. The summed E-state index contributed by atoms with van der Waals surface area (Å²) in [5.41, 5.74) is 7.32. The lowest BCUT2D eigenvalue weighted by molar-refractivity contribution is -0.137. The molecule has 0 aliphatic heterocycles. The van der Waals surface area contributed by atoms with Gasteiger partial charge in [0.1, 0.15) is 5.75 Å². The molecular weight excluding hydrogens is 267 g/mol. The summed E-state index contributed by atoms with van der Waals surface area (Å²) in [4.78, 5) is 0. The SMILES string of the molecule is COc1ccc(-c2ccc(C(F)(F)F)cc2N)cc1C. The minimum Gasteiger partial charge on any atom is -0.496 e. The molecule has 2 aromatic rings. The van der Waals surface area contributed by atoms with Gasteiger partial charge in [0.05, 0.1) is 12.7 Å². The van der Waals surface area contributed by atoms with Crippen LogP contribution in [0, 0.1) is 6.92 Å². The zero-order chi connectivity index (χ0) is 14.9.